The summed E-state index contributed by atoms with van der Waals surface area (Å²) in [5.41, 5.74) is 8.29. The molecule has 1 saturated carbocycles. The molecule has 1 heterocycles. The smallest absolute Gasteiger partial charge is 0.254 e. The van der Waals surface area contributed by atoms with Gasteiger partial charge in [0, 0.05) is 36.2 Å². The van der Waals surface area contributed by atoms with Crippen molar-refractivity contribution >= 4 is 11.6 Å². The SMILES string of the molecule is N#CCC1(CN2CCc3ccc(N)cc3C2=O)CC1. The van der Waals surface area contributed by atoms with Crippen LogP contribution >= 0.6 is 0 Å². The number of benzene rings is 1. The van der Waals surface area contributed by atoms with Crippen LogP contribution in [-0.4, -0.2) is 23.9 Å². The van der Waals surface area contributed by atoms with E-state index in [1.54, 1.807) is 6.07 Å². The van der Waals surface area contributed by atoms with Crippen molar-refractivity contribution in [3.8, 4) is 6.07 Å². The van der Waals surface area contributed by atoms with Crippen LogP contribution in [0.2, 0.25) is 0 Å². The average molecular weight is 255 g/mol. The van der Waals surface area contributed by atoms with Crippen LogP contribution in [0.15, 0.2) is 18.2 Å². The van der Waals surface area contributed by atoms with Crippen LogP contribution in [0.3, 0.4) is 0 Å². The molecule has 1 aliphatic carbocycles. The van der Waals surface area contributed by atoms with Gasteiger partial charge in [0.2, 0.25) is 0 Å². The Bertz CT molecular complexity index is 569. The lowest BCUT2D eigenvalue weighted by Gasteiger charge is -2.31. The van der Waals surface area contributed by atoms with E-state index >= 15 is 0 Å². The monoisotopic (exact) mass is 255 g/mol. The molecule has 1 amide bonds. The normalized spacial score (nSPS) is 19.7. The molecule has 1 aromatic carbocycles. The Balaban J connectivity index is 1.80. The topological polar surface area (TPSA) is 70.1 Å². The number of nitrogens with two attached hydrogens (primary N) is 1. The van der Waals surface area contributed by atoms with Crippen LogP contribution in [0.4, 0.5) is 5.69 Å². The summed E-state index contributed by atoms with van der Waals surface area (Å²) in [7, 11) is 0. The Kier molecular flexibility index (Phi) is 2.70. The molecule has 0 radical (unpaired) electrons. The molecule has 0 spiro atoms. The molecule has 1 fully saturated rings. The van der Waals surface area contributed by atoms with Gasteiger partial charge in [0.1, 0.15) is 0 Å². The first kappa shape index (κ1) is 12.0. The van der Waals surface area contributed by atoms with Gasteiger partial charge in [-0.05, 0) is 37.0 Å². The van der Waals surface area contributed by atoms with Crippen molar-refractivity contribution in [2.24, 2.45) is 5.41 Å². The van der Waals surface area contributed by atoms with Crippen molar-refractivity contribution in [1.29, 1.82) is 5.26 Å². The van der Waals surface area contributed by atoms with E-state index in [2.05, 4.69) is 6.07 Å². The molecule has 0 aromatic heterocycles. The zero-order valence-electron chi connectivity index (χ0n) is 10.9. The third-order valence-electron chi connectivity index (χ3n) is 4.24. The molecule has 4 heteroatoms. The molecule has 3 rings (SSSR count). The van der Waals surface area contributed by atoms with Gasteiger partial charge in [0.25, 0.3) is 5.91 Å². The maximum absolute atomic E-state index is 12.5. The van der Waals surface area contributed by atoms with E-state index in [9.17, 15) is 4.79 Å². The average Bonchev–Trinajstić information content (AvgIpc) is 3.14. The molecule has 2 N–H and O–H groups in total. The number of anilines is 1. The van der Waals surface area contributed by atoms with Gasteiger partial charge in [-0.1, -0.05) is 6.07 Å². The minimum absolute atomic E-state index is 0.0674. The van der Waals surface area contributed by atoms with E-state index in [1.807, 2.05) is 17.0 Å². The van der Waals surface area contributed by atoms with Gasteiger partial charge in [-0.3, -0.25) is 4.79 Å². The molecule has 4 nitrogen and oxygen atoms in total. The fourth-order valence-corrected chi connectivity index (χ4v) is 2.83. The Morgan fingerprint density at radius 2 is 2.21 bits per heavy atom. The maximum Gasteiger partial charge on any atom is 0.254 e. The quantitative estimate of drug-likeness (QED) is 0.839. The van der Waals surface area contributed by atoms with Crippen molar-refractivity contribution < 1.29 is 4.79 Å². The van der Waals surface area contributed by atoms with Gasteiger partial charge in [-0.25, -0.2) is 0 Å². The van der Waals surface area contributed by atoms with Gasteiger partial charge < -0.3 is 10.6 Å². The van der Waals surface area contributed by atoms with Gasteiger partial charge >= 0.3 is 0 Å². The first-order valence-electron chi connectivity index (χ1n) is 6.68. The van der Waals surface area contributed by atoms with Crippen LogP contribution in [0, 0.1) is 16.7 Å². The van der Waals surface area contributed by atoms with Crippen molar-refractivity contribution in [3.63, 3.8) is 0 Å². The number of nitriles is 1. The molecule has 1 aromatic rings. The standard InChI is InChI=1S/C15H17N3O/c16-7-6-15(4-5-15)10-18-8-3-11-1-2-12(17)9-13(11)14(18)19/h1-2,9H,3-6,8,10,17H2. The maximum atomic E-state index is 12.5. The fraction of sp³-hybridized carbons (Fsp3) is 0.467. The number of hydrogen-bond donors (Lipinski definition) is 1. The van der Waals surface area contributed by atoms with Crippen LogP contribution in [0.1, 0.15) is 35.2 Å². The lowest BCUT2D eigenvalue weighted by atomic mass is 9.95. The lowest BCUT2D eigenvalue weighted by molar-refractivity contribution is 0.0702. The van der Waals surface area contributed by atoms with Crippen LogP contribution in [0.25, 0.3) is 0 Å². The Labute approximate surface area is 112 Å². The molecule has 0 atom stereocenters. The number of carbonyl (C=O) groups is 1. The molecule has 0 saturated heterocycles. The molecule has 98 valence electrons. The summed E-state index contributed by atoms with van der Waals surface area (Å²) in [6.45, 7) is 1.47. The molecular weight excluding hydrogens is 238 g/mol. The number of hydrogen-bond acceptors (Lipinski definition) is 3. The Morgan fingerprint density at radius 1 is 1.42 bits per heavy atom. The summed E-state index contributed by atoms with van der Waals surface area (Å²) in [5.74, 6) is 0.0674. The van der Waals surface area contributed by atoms with Gasteiger partial charge in [-0.2, -0.15) is 5.26 Å². The molecule has 0 unspecified atom stereocenters. The van der Waals surface area contributed by atoms with Crippen LogP contribution in [-0.2, 0) is 6.42 Å². The Hall–Kier alpha value is -2.02. The molecule has 19 heavy (non-hydrogen) atoms. The first-order valence-corrected chi connectivity index (χ1v) is 6.68. The third kappa shape index (κ3) is 2.17. The lowest BCUT2D eigenvalue weighted by Crippen LogP contribution is -2.41. The number of carbonyl (C=O) groups excluding carboxylic acids is 1. The summed E-state index contributed by atoms with van der Waals surface area (Å²) in [5, 5.41) is 8.86. The predicted octanol–water partition coefficient (Wildman–Crippen LogP) is 1.96. The third-order valence-corrected chi connectivity index (χ3v) is 4.24. The van der Waals surface area contributed by atoms with Crippen LogP contribution < -0.4 is 5.73 Å². The number of nitrogen functional groups attached to an aromatic ring is 1. The van der Waals surface area contributed by atoms with Crippen molar-refractivity contribution in [2.45, 2.75) is 25.7 Å². The fourth-order valence-electron chi connectivity index (χ4n) is 2.83. The van der Waals surface area contributed by atoms with Gasteiger partial charge in [-0.15, -0.1) is 0 Å². The van der Waals surface area contributed by atoms with Gasteiger partial charge in [0.05, 0.1) is 6.07 Å². The summed E-state index contributed by atoms with van der Waals surface area (Å²) < 4.78 is 0. The van der Waals surface area contributed by atoms with Crippen molar-refractivity contribution in [2.75, 3.05) is 18.8 Å². The summed E-state index contributed by atoms with van der Waals surface area (Å²) in [6, 6.07) is 7.81. The highest BCUT2D eigenvalue weighted by Crippen LogP contribution is 2.49. The number of amides is 1. The Morgan fingerprint density at radius 3 is 2.89 bits per heavy atom. The summed E-state index contributed by atoms with van der Waals surface area (Å²) >= 11 is 0. The van der Waals surface area contributed by atoms with Crippen molar-refractivity contribution in [3.05, 3.63) is 29.3 Å². The van der Waals surface area contributed by atoms with Crippen LogP contribution in [0.5, 0.6) is 0 Å². The minimum Gasteiger partial charge on any atom is -0.399 e. The molecule has 0 bridgehead atoms. The highest BCUT2D eigenvalue weighted by molar-refractivity contribution is 5.97. The van der Waals surface area contributed by atoms with E-state index in [0.717, 1.165) is 36.9 Å². The second-order valence-electron chi connectivity index (χ2n) is 5.73. The zero-order chi connectivity index (χ0) is 13.5. The number of fused-ring (bicyclic) bond motifs is 1. The largest absolute Gasteiger partial charge is 0.399 e. The molecular formula is C15H17N3O. The second-order valence-corrected chi connectivity index (χ2v) is 5.73. The van der Waals surface area contributed by atoms with Crippen molar-refractivity contribution in [1.82, 2.24) is 4.90 Å². The summed E-state index contributed by atoms with van der Waals surface area (Å²) in [4.78, 5) is 14.4. The summed E-state index contributed by atoms with van der Waals surface area (Å²) in [6.07, 6.45) is 3.56. The molecule has 2 aliphatic rings. The number of nitrogens with zero attached hydrogens (tertiary/aromatic N) is 2. The highest BCUT2D eigenvalue weighted by Gasteiger charge is 2.45. The highest BCUT2D eigenvalue weighted by atomic mass is 16.2. The van der Waals surface area contributed by atoms with Gasteiger partial charge in [0.15, 0.2) is 0 Å². The van der Waals surface area contributed by atoms with E-state index < -0.39 is 0 Å². The minimum atomic E-state index is 0.0674. The zero-order valence-corrected chi connectivity index (χ0v) is 10.9. The van der Waals surface area contributed by atoms with E-state index in [0.29, 0.717) is 18.7 Å². The number of rotatable bonds is 3. The first-order chi connectivity index (χ1) is 9.13. The molecule has 1 aliphatic heterocycles. The second kappa shape index (κ2) is 4.27. The predicted molar refractivity (Wildman–Crippen MR) is 72.4 cm³/mol. The van der Waals surface area contributed by atoms with E-state index in [1.165, 1.54) is 0 Å². The van der Waals surface area contributed by atoms with E-state index in [4.69, 9.17) is 11.0 Å². The van der Waals surface area contributed by atoms with E-state index in [-0.39, 0.29) is 11.3 Å².